The number of carbonyl (C=O) groups is 1. The number of benzene rings is 4. The maximum absolute atomic E-state index is 12.5. The summed E-state index contributed by atoms with van der Waals surface area (Å²) in [5, 5.41) is 57.3. The minimum atomic E-state index is -1.34. The lowest BCUT2D eigenvalue weighted by Gasteiger charge is -2.29. The SMILES string of the molecule is Cc1ccc(C2C(=O)c3cc(O)c(O)cc3OC2O)cc1.O.O=c1c(-c2ccc(O)cc2)coc2cc(O)c(O)cc12. The average molecular weight is 575 g/mol. The summed E-state index contributed by atoms with van der Waals surface area (Å²) in [5.41, 5.74) is 2.58. The number of Topliss-reactive ketones (excluding diaryl/α,β-unsaturated/α-hetero) is 1. The number of rotatable bonds is 2. The molecule has 216 valence electrons. The summed E-state index contributed by atoms with van der Waals surface area (Å²) in [6.45, 7) is 1.93. The molecule has 5 aromatic rings. The van der Waals surface area contributed by atoms with Crippen molar-refractivity contribution in [1.82, 2.24) is 0 Å². The first-order chi connectivity index (χ1) is 19.5. The highest BCUT2D eigenvalue weighted by molar-refractivity contribution is 6.05. The van der Waals surface area contributed by atoms with E-state index in [0.717, 1.165) is 17.7 Å². The molecule has 0 aliphatic carbocycles. The summed E-state index contributed by atoms with van der Waals surface area (Å²) in [5.74, 6) is -2.59. The first-order valence-electron chi connectivity index (χ1n) is 12.3. The normalized spacial score (nSPS) is 15.5. The third kappa shape index (κ3) is 5.55. The van der Waals surface area contributed by atoms with Crippen LogP contribution in [-0.2, 0) is 0 Å². The molecule has 8 N–H and O–H groups in total. The Kier molecular flexibility index (Phi) is 8.09. The lowest BCUT2D eigenvalue weighted by molar-refractivity contribution is -0.0387. The summed E-state index contributed by atoms with van der Waals surface area (Å²) in [6, 6.07) is 18.0. The van der Waals surface area contributed by atoms with Gasteiger partial charge in [-0.15, -0.1) is 0 Å². The number of ketones is 1. The molecule has 2 unspecified atom stereocenters. The Balaban J connectivity index is 0.000000189. The van der Waals surface area contributed by atoms with Crippen molar-refractivity contribution in [2.45, 2.75) is 19.1 Å². The van der Waals surface area contributed by atoms with E-state index in [0.29, 0.717) is 16.7 Å². The van der Waals surface area contributed by atoms with Crippen molar-refractivity contribution in [3.05, 3.63) is 106 Å². The van der Waals surface area contributed by atoms with Gasteiger partial charge in [0.1, 0.15) is 29.3 Å². The fraction of sp³-hybridized carbons (Fsp3) is 0.0968. The lowest BCUT2D eigenvalue weighted by Crippen LogP contribution is -2.35. The van der Waals surface area contributed by atoms with Gasteiger partial charge in [0.2, 0.25) is 11.7 Å². The van der Waals surface area contributed by atoms with E-state index >= 15 is 0 Å². The highest BCUT2D eigenvalue weighted by Gasteiger charge is 2.38. The molecular weight excluding hydrogens is 548 g/mol. The third-order valence-electron chi connectivity index (χ3n) is 6.64. The fourth-order valence-corrected chi connectivity index (χ4v) is 4.43. The van der Waals surface area contributed by atoms with Crippen molar-refractivity contribution in [3.63, 3.8) is 0 Å². The van der Waals surface area contributed by atoms with Crippen molar-refractivity contribution >= 4 is 16.8 Å². The van der Waals surface area contributed by atoms with Crippen LogP contribution in [0.15, 0.2) is 88.3 Å². The molecule has 11 nitrogen and oxygen atoms in total. The highest BCUT2D eigenvalue weighted by atomic mass is 16.6. The highest BCUT2D eigenvalue weighted by Crippen LogP contribution is 2.41. The average Bonchev–Trinajstić information content (AvgIpc) is 2.93. The number of hydrogen-bond donors (Lipinski definition) is 6. The summed E-state index contributed by atoms with van der Waals surface area (Å²) in [6.07, 6.45) is -0.0512. The predicted molar refractivity (Wildman–Crippen MR) is 151 cm³/mol. The monoisotopic (exact) mass is 574 g/mol. The minimum Gasteiger partial charge on any atom is -0.508 e. The van der Waals surface area contributed by atoms with E-state index < -0.39 is 23.7 Å². The number of hydrogen-bond acceptors (Lipinski definition) is 10. The van der Waals surface area contributed by atoms with Crippen molar-refractivity contribution in [2.24, 2.45) is 0 Å². The van der Waals surface area contributed by atoms with E-state index in [2.05, 4.69) is 0 Å². The van der Waals surface area contributed by atoms with Crippen LogP contribution in [0.2, 0.25) is 0 Å². The molecule has 1 aliphatic heterocycles. The van der Waals surface area contributed by atoms with Gasteiger partial charge in [0, 0.05) is 12.1 Å². The fourth-order valence-electron chi connectivity index (χ4n) is 4.43. The Morgan fingerprint density at radius 3 is 1.98 bits per heavy atom. The maximum atomic E-state index is 12.5. The lowest BCUT2D eigenvalue weighted by atomic mass is 9.87. The van der Waals surface area contributed by atoms with E-state index in [1.807, 2.05) is 19.1 Å². The van der Waals surface area contributed by atoms with E-state index in [-0.39, 0.29) is 56.2 Å². The summed E-state index contributed by atoms with van der Waals surface area (Å²) >= 11 is 0. The molecule has 4 aromatic carbocycles. The molecule has 1 aliphatic rings. The molecule has 2 atom stereocenters. The standard InChI is InChI=1S/C16H14O5.C15H10O5.H2O/c1-8-2-4-9(5-3-8)14-15(19)10-6-11(17)12(18)7-13(10)21-16(14)20;16-9-3-1-8(2-4-9)11-7-20-14-6-13(18)12(17)5-10(14)15(11)19;/h2-7,14,16-18,20H,1H3;1-7,16-18H;1H2. The molecule has 0 fully saturated rings. The second-order valence-corrected chi connectivity index (χ2v) is 9.46. The van der Waals surface area contributed by atoms with Crippen LogP contribution in [0, 0.1) is 6.92 Å². The number of fused-ring (bicyclic) bond motifs is 2. The van der Waals surface area contributed by atoms with Gasteiger partial charge in [0.05, 0.1) is 16.5 Å². The molecule has 0 amide bonds. The molecule has 0 saturated heterocycles. The molecule has 6 rings (SSSR count). The Morgan fingerprint density at radius 1 is 0.714 bits per heavy atom. The molecule has 0 bridgehead atoms. The van der Waals surface area contributed by atoms with Crippen LogP contribution in [0.3, 0.4) is 0 Å². The van der Waals surface area contributed by atoms with Gasteiger partial charge in [0.25, 0.3) is 0 Å². The molecular formula is C31H26O11. The smallest absolute Gasteiger partial charge is 0.211 e. The summed E-state index contributed by atoms with van der Waals surface area (Å²) < 4.78 is 10.6. The molecule has 1 aromatic heterocycles. The van der Waals surface area contributed by atoms with Gasteiger partial charge in [-0.2, -0.15) is 0 Å². The molecule has 0 spiro atoms. The zero-order valence-electron chi connectivity index (χ0n) is 22.0. The van der Waals surface area contributed by atoms with Gasteiger partial charge in [-0.3, -0.25) is 9.59 Å². The van der Waals surface area contributed by atoms with E-state index in [9.17, 15) is 40.2 Å². The van der Waals surface area contributed by atoms with Gasteiger partial charge in [0.15, 0.2) is 28.8 Å². The minimum absolute atomic E-state index is 0. The largest absolute Gasteiger partial charge is 0.508 e. The molecule has 0 radical (unpaired) electrons. The van der Waals surface area contributed by atoms with Crippen molar-refractivity contribution in [3.8, 4) is 45.6 Å². The predicted octanol–water partition coefficient (Wildman–Crippen LogP) is 3.84. The number of ether oxygens (including phenoxy) is 1. The molecule has 0 saturated carbocycles. The number of carbonyl (C=O) groups excluding carboxylic acids is 1. The number of phenols is 5. The van der Waals surface area contributed by atoms with Gasteiger partial charge in [-0.05, 0) is 42.3 Å². The first-order valence-corrected chi connectivity index (χ1v) is 12.3. The zero-order chi connectivity index (χ0) is 29.4. The Morgan fingerprint density at radius 2 is 1.31 bits per heavy atom. The Hall–Kier alpha value is -5.52. The number of aryl methyl sites for hydroxylation is 1. The Bertz CT molecular complexity index is 1820. The maximum Gasteiger partial charge on any atom is 0.211 e. The molecule has 42 heavy (non-hydrogen) atoms. The summed E-state index contributed by atoms with van der Waals surface area (Å²) in [7, 11) is 0. The first kappa shape index (κ1) is 29.5. The number of phenolic OH excluding ortho intramolecular Hbond substituents is 5. The Labute approximate surface area is 237 Å². The van der Waals surface area contributed by atoms with E-state index in [1.165, 1.54) is 30.5 Å². The van der Waals surface area contributed by atoms with Crippen LogP contribution in [-0.4, -0.2) is 48.2 Å². The number of aliphatic hydroxyl groups is 1. The van der Waals surface area contributed by atoms with Crippen LogP contribution in [0.25, 0.3) is 22.1 Å². The zero-order valence-corrected chi connectivity index (χ0v) is 22.0. The van der Waals surface area contributed by atoms with Crippen molar-refractivity contribution < 1.29 is 50.1 Å². The van der Waals surface area contributed by atoms with Crippen molar-refractivity contribution in [1.29, 1.82) is 0 Å². The van der Waals surface area contributed by atoms with Crippen LogP contribution in [0.4, 0.5) is 0 Å². The van der Waals surface area contributed by atoms with Crippen LogP contribution >= 0.6 is 0 Å². The van der Waals surface area contributed by atoms with Crippen LogP contribution in [0.5, 0.6) is 34.5 Å². The van der Waals surface area contributed by atoms with Crippen molar-refractivity contribution in [2.75, 3.05) is 0 Å². The van der Waals surface area contributed by atoms with E-state index in [4.69, 9.17) is 9.15 Å². The van der Waals surface area contributed by atoms with Gasteiger partial charge in [-0.25, -0.2) is 0 Å². The molecule has 11 heteroatoms. The topological polar surface area (TPSA) is 209 Å². The third-order valence-corrected chi connectivity index (χ3v) is 6.64. The quantitative estimate of drug-likeness (QED) is 0.168. The van der Waals surface area contributed by atoms with Crippen LogP contribution in [0.1, 0.15) is 27.4 Å². The van der Waals surface area contributed by atoms with Gasteiger partial charge in [-0.1, -0.05) is 42.0 Å². The second kappa shape index (κ2) is 11.5. The van der Waals surface area contributed by atoms with Gasteiger partial charge >= 0.3 is 0 Å². The number of aromatic hydroxyl groups is 5. The summed E-state index contributed by atoms with van der Waals surface area (Å²) in [4.78, 5) is 24.9. The van der Waals surface area contributed by atoms with E-state index in [1.54, 1.807) is 24.3 Å². The number of aliphatic hydroxyl groups excluding tert-OH is 1. The van der Waals surface area contributed by atoms with Crippen LogP contribution < -0.4 is 10.2 Å². The molecule has 2 heterocycles. The van der Waals surface area contributed by atoms with Gasteiger partial charge < -0.3 is 45.3 Å². The second-order valence-electron chi connectivity index (χ2n) is 9.46.